The normalized spacial score (nSPS) is 12.0. The number of anilines is 2. The Morgan fingerprint density at radius 2 is 1.94 bits per heavy atom. The van der Waals surface area contributed by atoms with Gasteiger partial charge in [-0.3, -0.25) is 14.5 Å². The molecule has 9 nitrogen and oxygen atoms in total. The quantitative estimate of drug-likeness (QED) is 0.317. The maximum Gasteiger partial charge on any atom is 0.320 e. The number of nitrogens with one attached hydrogen (secondary N) is 2. The van der Waals surface area contributed by atoms with Gasteiger partial charge in [0.2, 0.25) is 5.91 Å². The second kappa shape index (κ2) is 12.5. The Hall–Kier alpha value is -3.98. The summed E-state index contributed by atoms with van der Waals surface area (Å²) in [6.07, 6.45) is 4.60. The van der Waals surface area contributed by atoms with E-state index in [4.69, 9.17) is 9.47 Å². The fraction of sp³-hybridized carbons (Fsp3) is 0.308. The Morgan fingerprint density at radius 1 is 1.17 bits per heavy atom. The second-order valence-corrected chi connectivity index (χ2v) is 7.96. The minimum Gasteiger partial charge on any atom is -0.494 e. The van der Waals surface area contributed by atoms with Gasteiger partial charge in [0.1, 0.15) is 17.9 Å². The molecule has 0 bridgehead atoms. The molecule has 2 aromatic carbocycles. The van der Waals surface area contributed by atoms with Gasteiger partial charge in [-0.1, -0.05) is 36.4 Å². The van der Waals surface area contributed by atoms with Crippen LogP contribution in [0.25, 0.3) is 10.9 Å². The molecule has 0 aliphatic carbocycles. The number of likely N-dealkylation sites (N-methyl/N-ethyl adjacent to an activating group) is 1. The highest BCUT2D eigenvalue weighted by molar-refractivity contribution is 6.03. The van der Waals surface area contributed by atoms with Crippen molar-refractivity contribution in [3.8, 4) is 5.75 Å². The van der Waals surface area contributed by atoms with Crippen LogP contribution in [0, 0.1) is 0 Å². The van der Waals surface area contributed by atoms with E-state index in [1.807, 2.05) is 30.3 Å². The number of fused-ring (bicyclic) bond motifs is 1. The largest absolute Gasteiger partial charge is 0.494 e. The zero-order valence-electron chi connectivity index (χ0n) is 20.4. The fourth-order valence-electron chi connectivity index (χ4n) is 3.50. The maximum absolute atomic E-state index is 12.6. The number of carbonyl (C=O) groups is 2. The fourth-order valence-corrected chi connectivity index (χ4v) is 3.50. The number of amides is 1. The van der Waals surface area contributed by atoms with Gasteiger partial charge in [-0.05, 0) is 32.5 Å². The molecular formula is C26H31N5O4. The summed E-state index contributed by atoms with van der Waals surface area (Å²) in [5.74, 6) is 0.512. The topological polar surface area (TPSA) is 106 Å². The first kappa shape index (κ1) is 25.6. The lowest BCUT2D eigenvalue weighted by Gasteiger charge is -2.17. The summed E-state index contributed by atoms with van der Waals surface area (Å²) < 4.78 is 10.4. The molecule has 1 heterocycles. The van der Waals surface area contributed by atoms with E-state index < -0.39 is 0 Å². The van der Waals surface area contributed by atoms with Crippen LogP contribution in [0.2, 0.25) is 0 Å². The molecule has 0 radical (unpaired) electrons. The number of hydrogen-bond acceptors (Lipinski definition) is 8. The van der Waals surface area contributed by atoms with Gasteiger partial charge in [0.25, 0.3) is 0 Å². The number of methoxy groups -OCH3 is 1. The van der Waals surface area contributed by atoms with Crippen LogP contribution in [0.4, 0.5) is 11.5 Å². The van der Waals surface area contributed by atoms with Crippen LogP contribution in [0.3, 0.4) is 0 Å². The molecule has 3 aromatic rings. The summed E-state index contributed by atoms with van der Waals surface area (Å²) in [6, 6.07) is 13.6. The molecule has 35 heavy (non-hydrogen) atoms. The van der Waals surface area contributed by atoms with Crippen LogP contribution in [-0.4, -0.2) is 60.6 Å². The summed E-state index contributed by atoms with van der Waals surface area (Å²) in [4.78, 5) is 34.6. The molecule has 1 aromatic heterocycles. The molecule has 0 fully saturated rings. The number of nitrogens with zero attached hydrogens (tertiary/aromatic N) is 3. The second-order valence-electron chi connectivity index (χ2n) is 7.96. The third-order valence-corrected chi connectivity index (χ3v) is 5.26. The first-order chi connectivity index (χ1) is 16.9. The van der Waals surface area contributed by atoms with Crippen molar-refractivity contribution >= 4 is 34.3 Å². The lowest BCUT2D eigenvalue weighted by molar-refractivity contribution is -0.143. The van der Waals surface area contributed by atoms with Crippen molar-refractivity contribution in [1.29, 1.82) is 0 Å². The summed E-state index contributed by atoms with van der Waals surface area (Å²) >= 11 is 0. The zero-order chi connectivity index (χ0) is 25.2. The predicted octanol–water partition coefficient (Wildman–Crippen LogP) is 3.80. The van der Waals surface area contributed by atoms with E-state index in [2.05, 4.69) is 27.5 Å². The van der Waals surface area contributed by atoms with Gasteiger partial charge in [-0.25, -0.2) is 9.97 Å². The molecule has 9 heteroatoms. The number of carbonyl (C=O) groups excluding carboxylic acids is 2. The summed E-state index contributed by atoms with van der Waals surface area (Å²) in [7, 11) is 3.31. The number of benzene rings is 2. The highest BCUT2D eigenvalue weighted by atomic mass is 16.5. The molecular weight excluding hydrogens is 446 g/mol. The van der Waals surface area contributed by atoms with Gasteiger partial charge < -0.3 is 20.1 Å². The Balaban J connectivity index is 1.74. The molecule has 0 aliphatic heterocycles. The van der Waals surface area contributed by atoms with E-state index in [-0.39, 0.29) is 24.5 Å². The maximum atomic E-state index is 12.6. The highest BCUT2D eigenvalue weighted by Crippen LogP contribution is 2.33. The Kier molecular flexibility index (Phi) is 9.14. The zero-order valence-corrected chi connectivity index (χ0v) is 20.4. The van der Waals surface area contributed by atoms with E-state index in [1.165, 1.54) is 19.5 Å². The van der Waals surface area contributed by atoms with Gasteiger partial charge in [0, 0.05) is 30.1 Å². The Bertz CT molecular complexity index is 1180. The number of hydrogen-bond donors (Lipinski definition) is 2. The van der Waals surface area contributed by atoms with Crippen molar-refractivity contribution in [3.05, 3.63) is 66.5 Å². The predicted molar refractivity (Wildman–Crippen MR) is 136 cm³/mol. The van der Waals surface area contributed by atoms with Crippen LogP contribution in [0.5, 0.6) is 5.75 Å². The van der Waals surface area contributed by atoms with Crippen molar-refractivity contribution in [1.82, 2.24) is 14.9 Å². The molecule has 3 rings (SSSR count). The van der Waals surface area contributed by atoms with E-state index in [0.29, 0.717) is 35.9 Å². The standard InChI is InChI=1S/C26H31N5O4/c1-5-35-25(33)16-31(3)13-9-12-24(32)30-22-14-20-21(15-23(22)34-4)27-17-28-26(20)29-18(2)19-10-7-6-8-11-19/h6-12,14-15,17-18H,5,13,16H2,1-4H3,(H,30,32)(H,27,28,29)/t18-/m1/s1. The van der Waals surface area contributed by atoms with Crippen molar-refractivity contribution in [2.75, 3.05) is 44.5 Å². The van der Waals surface area contributed by atoms with E-state index >= 15 is 0 Å². The van der Waals surface area contributed by atoms with E-state index in [1.54, 1.807) is 37.1 Å². The number of ether oxygens (including phenoxy) is 2. The molecule has 0 unspecified atom stereocenters. The van der Waals surface area contributed by atoms with Gasteiger partial charge in [0.05, 0.1) is 31.5 Å². The summed E-state index contributed by atoms with van der Waals surface area (Å²) in [6.45, 7) is 4.72. The smallest absolute Gasteiger partial charge is 0.320 e. The summed E-state index contributed by atoms with van der Waals surface area (Å²) in [5.41, 5.74) is 2.31. The number of rotatable bonds is 11. The lowest BCUT2D eigenvalue weighted by Crippen LogP contribution is -2.27. The number of esters is 1. The average Bonchev–Trinajstić information content (AvgIpc) is 2.84. The van der Waals surface area contributed by atoms with Crippen LogP contribution in [0.15, 0.2) is 60.9 Å². The number of aromatic nitrogens is 2. The molecule has 184 valence electrons. The van der Waals surface area contributed by atoms with Crippen molar-refractivity contribution in [3.63, 3.8) is 0 Å². The highest BCUT2D eigenvalue weighted by Gasteiger charge is 2.14. The molecule has 0 aliphatic rings. The first-order valence-corrected chi connectivity index (χ1v) is 11.4. The van der Waals surface area contributed by atoms with Gasteiger partial charge >= 0.3 is 5.97 Å². The Labute approximate surface area is 205 Å². The molecule has 2 N–H and O–H groups in total. The van der Waals surface area contributed by atoms with Crippen molar-refractivity contribution in [2.45, 2.75) is 19.9 Å². The average molecular weight is 478 g/mol. The molecule has 1 atom stereocenters. The summed E-state index contributed by atoms with van der Waals surface area (Å²) in [5, 5.41) is 7.04. The van der Waals surface area contributed by atoms with Crippen LogP contribution in [0.1, 0.15) is 25.5 Å². The lowest BCUT2D eigenvalue weighted by atomic mass is 10.1. The third kappa shape index (κ3) is 7.25. The minimum absolute atomic E-state index is 0.0176. The van der Waals surface area contributed by atoms with Crippen LogP contribution in [-0.2, 0) is 14.3 Å². The van der Waals surface area contributed by atoms with Crippen LogP contribution >= 0.6 is 0 Å². The third-order valence-electron chi connectivity index (χ3n) is 5.26. The van der Waals surface area contributed by atoms with Gasteiger partial charge in [-0.15, -0.1) is 0 Å². The molecule has 0 spiro atoms. The SMILES string of the molecule is CCOC(=O)CN(C)CC=CC(=O)Nc1cc2c(N[C@H](C)c3ccccc3)ncnc2cc1OC. The van der Waals surface area contributed by atoms with Gasteiger partial charge in [0.15, 0.2) is 0 Å². The van der Waals surface area contributed by atoms with Gasteiger partial charge in [-0.2, -0.15) is 0 Å². The molecule has 1 amide bonds. The molecule has 0 saturated carbocycles. The van der Waals surface area contributed by atoms with Crippen molar-refractivity contribution in [2.24, 2.45) is 0 Å². The van der Waals surface area contributed by atoms with Crippen molar-refractivity contribution < 1.29 is 19.1 Å². The monoisotopic (exact) mass is 477 g/mol. The van der Waals surface area contributed by atoms with E-state index in [9.17, 15) is 9.59 Å². The minimum atomic E-state index is -0.323. The Morgan fingerprint density at radius 3 is 2.66 bits per heavy atom. The van der Waals surface area contributed by atoms with E-state index in [0.717, 1.165) is 10.9 Å². The molecule has 0 saturated heterocycles. The van der Waals surface area contributed by atoms with Crippen LogP contribution < -0.4 is 15.4 Å². The first-order valence-electron chi connectivity index (χ1n) is 11.4.